The van der Waals surface area contributed by atoms with E-state index < -0.39 is 5.82 Å². The number of hydrogen-bond acceptors (Lipinski definition) is 7. The van der Waals surface area contributed by atoms with Crippen LogP contribution in [0.5, 0.6) is 11.8 Å². The van der Waals surface area contributed by atoms with Crippen molar-refractivity contribution in [3.63, 3.8) is 0 Å². The van der Waals surface area contributed by atoms with Gasteiger partial charge in [-0.3, -0.25) is 0 Å². The van der Waals surface area contributed by atoms with Gasteiger partial charge in [0.05, 0.1) is 25.9 Å². The van der Waals surface area contributed by atoms with E-state index in [1.807, 2.05) is 0 Å². The van der Waals surface area contributed by atoms with Crippen molar-refractivity contribution < 1.29 is 18.6 Å². The summed E-state index contributed by atoms with van der Waals surface area (Å²) in [5.41, 5.74) is 0. The minimum Gasteiger partial charge on any atom is -0.481 e. The number of nitrogens with zero attached hydrogens (tertiary/aromatic N) is 4. The largest absolute Gasteiger partial charge is 0.481 e. The molecule has 8 heteroatoms. The summed E-state index contributed by atoms with van der Waals surface area (Å²) in [4.78, 5) is 14.6. The van der Waals surface area contributed by atoms with Crippen LogP contribution in [0.4, 0.5) is 10.2 Å². The van der Waals surface area contributed by atoms with Crippen molar-refractivity contribution in [3.05, 3.63) is 36.5 Å². The molecule has 1 aliphatic heterocycles. The number of aromatic nitrogens is 3. The van der Waals surface area contributed by atoms with Gasteiger partial charge in [-0.25, -0.2) is 19.3 Å². The standard InChI is InChI=1S/C17H19FN4O3/c1-23-15-9-14(20-10-21-15)22-7-8-24-13-5-4-12(22)16(13)25-17-11(18)3-2-6-19-17/h2-3,6,9-10,12-13,16H,4-5,7-8H2,1H3/t12-,13-,16-/m0/s1. The molecule has 0 amide bonds. The van der Waals surface area contributed by atoms with E-state index in [1.54, 1.807) is 19.2 Å². The van der Waals surface area contributed by atoms with Crippen LogP contribution in [0, 0.1) is 5.82 Å². The van der Waals surface area contributed by atoms with E-state index in [4.69, 9.17) is 14.2 Å². The van der Waals surface area contributed by atoms with Crippen molar-refractivity contribution in [2.45, 2.75) is 31.1 Å². The van der Waals surface area contributed by atoms with Crippen LogP contribution in [0.15, 0.2) is 30.7 Å². The molecule has 25 heavy (non-hydrogen) atoms. The van der Waals surface area contributed by atoms with Gasteiger partial charge in [0, 0.05) is 18.8 Å². The highest BCUT2D eigenvalue weighted by Crippen LogP contribution is 2.35. The molecule has 2 fully saturated rings. The summed E-state index contributed by atoms with van der Waals surface area (Å²) in [6.07, 6.45) is 4.32. The fraction of sp³-hybridized carbons (Fsp3) is 0.471. The lowest BCUT2D eigenvalue weighted by Gasteiger charge is -2.32. The average Bonchev–Trinajstić information content (AvgIpc) is 2.92. The van der Waals surface area contributed by atoms with E-state index in [0.717, 1.165) is 18.7 Å². The van der Waals surface area contributed by atoms with Crippen molar-refractivity contribution in [1.29, 1.82) is 0 Å². The highest BCUT2D eigenvalue weighted by atomic mass is 19.1. The zero-order valence-corrected chi connectivity index (χ0v) is 13.8. The number of hydrogen-bond donors (Lipinski definition) is 0. The second-order valence-electron chi connectivity index (χ2n) is 6.04. The van der Waals surface area contributed by atoms with Gasteiger partial charge in [-0.15, -0.1) is 0 Å². The molecule has 0 N–H and O–H groups in total. The topological polar surface area (TPSA) is 69.6 Å². The predicted molar refractivity (Wildman–Crippen MR) is 87.3 cm³/mol. The Hall–Kier alpha value is -2.48. The fourth-order valence-electron chi connectivity index (χ4n) is 3.52. The van der Waals surface area contributed by atoms with Crippen molar-refractivity contribution in [2.75, 3.05) is 25.2 Å². The fourth-order valence-corrected chi connectivity index (χ4v) is 3.52. The molecule has 2 aromatic rings. The van der Waals surface area contributed by atoms with Crippen molar-refractivity contribution in [1.82, 2.24) is 15.0 Å². The number of ether oxygens (including phenoxy) is 3. The van der Waals surface area contributed by atoms with Gasteiger partial charge in [-0.2, -0.15) is 0 Å². The first kappa shape index (κ1) is 16.0. The normalized spacial score (nSPS) is 25.5. The number of pyridine rings is 1. The summed E-state index contributed by atoms with van der Waals surface area (Å²) < 4.78 is 31.0. The predicted octanol–water partition coefficient (Wildman–Crippen LogP) is 1.83. The first-order valence-corrected chi connectivity index (χ1v) is 8.27. The van der Waals surface area contributed by atoms with E-state index in [9.17, 15) is 4.39 Å². The van der Waals surface area contributed by atoms with Crippen molar-refractivity contribution >= 4 is 5.82 Å². The van der Waals surface area contributed by atoms with Gasteiger partial charge in [-0.05, 0) is 25.0 Å². The number of methoxy groups -OCH3 is 1. The van der Waals surface area contributed by atoms with Gasteiger partial charge in [0.25, 0.3) is 5.88 Å². The third kappa shape index (κ3) is 3.09. The Bertz CT molecular complexity index is 747. The molecule has 2 aliphatic rings. The molecule has 2 bridgehead atoms. The molecule has 4 rings (SSSR count). The molecule has 1 aliphatic carbocycles. The Morgan fingerprint density at radius 3 is 3.04 bits per heavy atom. The number of rotatable bonds is 4. The SMILES string of the molecule is COc1cc(N2CCO[C@H]3CC[C@H]2[C@@H]3Oc2ncccc2F)ncn1. The molecule has 0 radical (unpaired) electrons. The molecule has 1 saturated heterocycles. The van der Waals surface area contributed by atoms with Crippen LogP contribution in [-0.2, 0) is 4.74 Å². The lowest BCUT2D eigenvalue weighted by atomic mass is 10.1. The molecule has 1 saturated carbocycles. The van der Waals surface area contributed by atoms with Gasteiger partial charge < -0.3 is 19.1 Å². The maximum Gasteiger partial charge on any atom is 0.250 e. The molecule has 0 spiro atoms. The Morgan fingerprint density at radius 1 is 1.28 bits per heavy atom. The third-order valence-electron chi connectivity index (χ3n) is 4.66. The van der Waals surface area contributed by atoms with Crippen molar-refractivity contribution in [2.24, 2.45) is 0 Å². The van der Waals surface area contributed by atoms with E-state index >= 15 is 0 Å². The monoisotopic (exact) mass is 346 g/mol. The summed E-state index contributed by atoms with van der Waals surface area (Å²) in [7, 11) is 1.57. The molecular weight excluding hydrogens is 327 g/mol. The highest BCUT2D eigenvalue weighted by molar-refractivity contribution is 5.43. The quantitative estimate of drug-likeness (QED) is 0.836. The number of anilines is 1. The Balaban J connectivity index is 1.63. The van der Waals surface area contributed by atoms with Crippen LogP contribution in [0.3, 0.4) is 0 Å². The molecule has 3 heterocycles. The summed E-state index contributed by atoms with van der Waals surface area (Å²) in [5.74, 6) is 0.785. The maximum absolute atomic E-state index is 14.0. The first-order valence-electron chi connectivity index (χ1n) is 8.27. The third-order valence-corrected chi connectivity index (χ3v) is 4.66. The van der Waals surface area contributed by atoms with Gasteiger partial charge in [0.2, 0.25) is 5.88 Å². The summed E-state index contributed by atoms with van der Waals surface area (Å²) in [6.45, 7) is 1.23. The second kappa shape index (κ2) is 6.79. The Labute approximate surface area is 144 Å². The zero-order valence-electron chi connectivity index (χ0n) is 13.8. The van der Waals surface area contributed by atoms with Gasteiger partial charge in [0.15, 0.2) is 5.82 Å². The van der Waals surface area contributed by atoms with Gasteiger partial charge in [-0.1, -0.05) is 0 Å². The minimum absolute atomic E-state index is 0.00937. The number of fused-ring (bicyclic) bond motifs is 2. The molecule has 0 unspecified atom stereocenters. The smallest absolute Gasteiger partial charge is 0.250 e. The van der Waals surface area contributed by atoms with Gasteiger partial charge in [0.1, 0.15) is 18.2 Å². The van der Waals surface area contributed by atoms with Crippen LogP contribution in [0.2, 0.25) is 0 Å². The lowest BCUT2D eigenvalue weighted by molar-refractivity contribution is 0.00103. The van der Waals surface area contributed by atoms with E-state index in [0.29, 0.717) is 19.0 Å². The summed E-state index contributed by atoms with van der Waals surface area (Å²) >= 11 is 0. The van der Waals surface area contributed by atoms with Crippen LogP contribution < -0.4 is 14.4 Å². The first-order chi connectivity index (χ1) is 12.3. The highest BCUT2D eigenvalue weighted by Gasteiger charge is 2.45. The van der Waals surface area contributed by atoms with E-state index in [2.05, 4.69) is 19.9 Å². The summed E-state index contributed by atoms with van der Waals surface area (Å²) in [6, 6.07) is 4.69. The van der Waals surface area contributed by atoms with Crippen molar-refractivity contribution in [3.8, 4) is 11.8 Å². The summed E-state index contributed by atoms with van der Waals surface area (Å²) in [5, 5.41) is 0. The van der Waals surface area contributed by atoms with Gasteiger partial charge >= 0.3 is 0 Å². The van der Waals surface area contributed by atoms with Crippen LogP contribution in [0.25, 0.3) is 0 Å². The molecule has 7 nitrogen and oxygen atoms in total. The van der Waals surface area contributed by atoms with Crippen LogP contribution >= 0.6 is 0 Å². The Morgan fingerprint density at radius 2 is 2.20 bits per heavy atom. The Kier molecular flexibility index (Phi) is 4.35. The lowest BCUT2D eigenvalue weighted by Crippen LogP contribution is -2.45. The molecule has 2 aromatic heterocycles. The minimum atomic E-state index is -0.471. The second-order valence-corrected chi connectivity index (χ2v) is 6.04. The van der Waals surface area contributed by atoms with E-state index in [-0.39, 0.29) is 24.1 Å². The number of halogens is 1. The van der Waals surface area contributed by atoms with Crippen LogP contribution in [-0.4, -0.2) is 53.5 Å². The molecule has 0 aromatic carbocycles. The molecular formula is C17H19FN4O3. The zero-order chi connectivity index (χ0) is 17.2. The average molecular weight is 346 g/mol. The maximum atomic E-state index is 14.0. The molecule has 132 valence electrons. The van der Waals surface area contributed by atoms with E-state index in [1.165, 1.54) is 18.6 Å². The molecule has 3 atom stereocenters. The van der Waals surface area contributed by atoms with Crippen LogP contribution in [0.1, 0.15) is 12.8 Å².